The average molecular weight is 412 g/mol. The lowest BCUT2D eigenvalue weighted by Gasteiger charge is -2.16. The molecule has 28 heavy (non-hydrogen) atoms. The van der Waals surface area contributed by atoms with E-state index < -0.39 is 33.7 Å². The molecular weight excluding hydrogens is 393 g/mol. The normalized spacial score (nSPS) is 15.9. The molecule has 150 valence electrons. The molecule has 0 bridgehead atoms. The Labute approximate surface area is 161 Å². The van der Waals surface area contributed by atoms with E-state index in [1.807, 2.05) is 0 Å². The van der Waals surface area contributed by atoms with Crippen molar-refractivity contribution >= 4 is 15.9 Å². The van der Waals surface area contributed by atoms with Crippen LogP contribution in [0.1, 0.15) is 47.3 Å². The average Bonchev–Trinajstić information content (AvgIpc) is 3.44. The van der Waals surface area contributed by atoms with Crippen LogP contribution in [0.2, 0.25) is 0 Å². The fourth-order valence-electron chi connectivity index (χ4n) is 2.62. The Morgan fingerprint density at radius 3 is 2.32 bits per heavy atom. The highest BCUT2D eigenvalue weighted by molar-refractivity contribution is 7.89. The lowest BCUT2D eigenvalue weighted by atomic mass is 10.1. The lowest BCUT2D eigenvalue weighted by molar-refractivity contribution is -0.137. The quantitative estimate of drug-likeness (QED) is 0.761. The topological polar surface area (TPSA) is 75.3 Å². The number of carbonyl (C=O) groups excluding carboxylic acids is 1. The number of amides is 1. The first-order chi connectivity index (χ1) is 13.1. The molecule has 0 saturated heterocycles. The van der Waals surface area contributed by atoms with E-state index in [0.717, 1.165) is 25.0 Å². The van der Waals surface area contributed by atoms with Gasteiger partial charge in [-0.1, -0.05) is 18.2 Å². The molecule has 2 aromatic rings. The van der Waals surface area contributed by atoms with Gasteiger partial charge in [-0.2, -0.15) is 13.2 Å². The van der Waals surface area contributed by atoms with Crippen molar-refractivity contribution in [2.24, 2.45) is 0 Å². The Balaban J connectivity index is 1.71. The molecular formula is C19H19F3N2O3S. The van der Waals surface area contributed by atoms with Gasteiger partial charge in [0.1, 0.15) is 0 Å². The highest BCUT2D eigenvalue weighted by atomic mass is 32.2. The minimum absolute atomic E-state index is 0.00534. The summed E-state index contributed by atoms with van der Waals surface area (Å²) in [4.78, 5) is 12.5. The van der Waals surface area contributed by atoms with Crippen molar-refractivity contribution in [1.29, 1.82) is 0 Å². The van der Waals surface area contributed by atoms with Crippen LogP contribution in [0.25, 0.3) is 0 Å². The van der Waals surface area contributed by atoms with Gasteiger partial charge in [0.2, 0.25) is 10.0 Å². The molecule has 0 aromatic heterocycles. The summed E-state index contributed by atoms with van der Waals surface area (Å²) in [6, 6.07) is 9.53. The zero-order chi connectivity index (χ0) is 20.5. The molecule has 2 N–H and O–H groups in total. The first kappa shape index (κ1) is 20.3. The molecule has 1 unspecified atom stereocenters. The zero-order valence-electron chi connectivity index (χ0n) is 15.0. The first-order valence-electron chi connectivity index (χ1n) is 8.67. The number of hydrogen-bond donors (Lipinski definition) is 2. The minimum Gasteiger partial charge on any atom is -0.346 e. The number of hydrogen-bond acceptors (Lipinski definition) is 3. The van der Waals surface area contributed by atoms with E-state index >= 15 is 0 Å². The van der Waals surface area contributed by atoms with Crippen LogP contribution in [0.3, 0.4) is 0 Å². The summed E-state index contributed by atoms with van der Waals surface area (Å²) in [6.45, 7) is 1.63. The molecule has 5 nitrogen and oxygen atoms in total. The predicted octanol–water partition coefficient (Wildman–Crippen LogP) is 3.64. The van der Waals surface area contributed by atoms with Crippen LogP contribution in [-0.4, -0.2) is 20.4 Å². The van der Waals surface area contributed by atoms with E-state index in [1.165, 1.54) is 36.4 Å². The number of halogens is 3. The van der Waals surface area contributed by atoms with E-state index in [2.05, 4.69) is 10.0 Å². The van der Waals surface area contributed by atoms with Crippen molar-refractivity contribution in [1.82, 2.24) is 10.0 Å². The Bertz CT molecular complexity index is 969. The van der Waals surface area contributed by atoms with Gasteiger partial charge in [0.25, 0.3) is 5.91 Å². The molecule has 1 aliphatic carbocycles. The minimum atomic E-state index is -4.43. The van der Waals surface area contributed by atoms with Crippen molar-refractivity contribution in [3.05, 3.63) is 65.2 Å². The molecule has 0 radical (unpaired) electrons. The molecule has 0 heterocycles. The summed E-state index contributed by atoms with van der Waals surface area (Å²) >= 11 is 0. The molecule has 1 aliphatic rings. The second-order valence-corrected chi connectivity index (χ2v) is 8.45. The Hall–Kier alpha value is -2.39. The number of nitrogens with one attached hydrogen (secondary N) is 2. The van der Waals surface area contributed by atoms with Crippen LogP contribution in [0, 0.1) is 0 Å². The molecule has 1 saturated carbocycles. The third-order valence-electron chi connectivity index (χ3n) is 4.39. The van der Waals surface area contributed by atoms with Crippen LogP contribution in [-0.2, 0) is 16.2 Å². The maximum absolute atomic E-state index is 12.6. The number of alkyl halides is 3. The van der Waals surface area contributed by atoms with Gasteiger partial charge in [-0.3, -0.25) is 4.79 Å². The van der Waals surface area contributed by atoms with Crippen LogP contribution < -0.4 is 10.0 Å². The largest absolute Gasteiger partial charge is 0.416 e. The fourth-order valence-corrected chi connectivity index (χ4v) is 3.97. The fraction of sp³-hybridized carbons (Fsp3) is 0.316. The van der Waals surface area contributed by atoms with Gasteiger partial charge in [-0.15, -0.1) is 0 Å². The van der Waals surface area contributed by atoms with Crippen molar-refractivity contribution < 1.29 is 26.4 Å². The van der Waals surface area contributed by atoms with E-state index in [9.17, 15) is 26.4 Å². The van der Waals surface area contributed by atoms with Gasteiger partial charge in [0, 0.05) is 11.6 Å². The molecule has 1 atom stereocenters. The van der Waals surface area contributed by atoms with Gasteiger partial charge in [-0.05, 0) is 55.7 Å². The maximum atomic E-state index is 12.6. The molecule has 0 spiro atoms. The van der Waals surface area contributed by atoms with Crippen molar-refractivity contribution in [2.45, 2.75) is 42.9 Å². The van der Waals surface area contributed by atoms with E-state index in [0.29, 0.717) is 5.56 Å². The number of benzene rings is 2. The Morgan fingerprint density at radius 2 is 1.75 bits per heavy atom. The lowest BCUT2D eigenvalue weighted by Crippen LogP contribution is -2.28. The van der Waals surface area contributed by atoms with Gasteiger partial charge in [0.15, 0.2) is 0 Å². The van der Waals surface area contributed by atoms with E-state index in [4.69, 9.17) is 0 Å². The predicted molar refractivity (Wildman–Crippen MR) is 97.1 cm³/mol. The summed E-state index contributed by atoms with van der Waals surface area (Å²) in [5.41, 5.74) is -0.117. The van der Waals surface area contributed by atoms with Gasteiger partial charge in [-0.25, -0.2) is 13.1 Å². The molecule has 1 fully saturated rings. The number of sulfonamides is 1. The monoisotopic (exact) mass is 412 g/mol. The Kier molecular flexibility index (Phi) is 5.49. The second kappa shape index (κ2) is 7.56. The highest BCUT2D eigenvalue weighted by Crippen LogP contribution is 2.30. The molecule has 3 rings (SSSR count). The standard InChI is InChI=1S/C19H19F3N2O3S/c1-12(13-5-7-15(8-6-13)19(20,21)22)23-18(25)14-3-2-4-17(11-14)28(26,27)24-16-9-10-16/h2-8,11-12,16,24H,9-10H2,1H3,(H,23,25). The third-order valence-corrected chi connectivity index (χ3v) is 5.91. The van der Waals surface area contributed by atoms with Crippen molar-refractivity contribution in [3.8, 4) is 0 Å². The summed E-state index contributed by atoms with van der Waals surface area (Å²) in [5.74, 6) is -0.518. The van der Waals surface area contributed by atoms with Gasteiger partial charge < -0.3 is 5.32 Å². The molecule has 1 amide bonds. The van der Waals surface area contributed by atoms with Crippen LogP contribution in [0.15, 0.2) is 53.4 Å². The SMILES string of the molecule is CC(NC(=O)c1cccc(S(=O)(=O)NC2CC2)c1)c1ccc(C(F)(F)F)cc1. The third kappa shape index (κ3) is 4.90. The summed E-state index contributed by atoms with van der Waals surface area (Å²) in [7, 11) is -3.69. The molecule has 2 aromatic carbocycles. The summed E-state index contributed by atoms with van der Waals surface area (Å²) in [5, 5.41) is 2.67. The Morgan fingerprint density at radius 1 is 1.11 bits per heavy atom. The second-order valence-electron chi connectivity index (χ2n) is 6.74. The van der Waals surface area contributed by atoms with Gasteiger partial charge >= 0.3 is 6.18 Å². The van der Waals surface area contributed by atoms with Crippen LogP contribution >= 0.6 is 0 Å². The van der Waals surface area contributed by atoms with Crippen molar-refractivity contribution in [3.63, 3.8) is 0 Å². The van der Waals surface area contributed by atoms with Crippen molar-refractivity contribution in [2.75, 3.05) is 0 Å². The maximum Gasteiger partial charge on any atom is 0.416 e. The summed E-state index contributed by atoms with van der Waals surface area (Å²) < 4.78 is 65.0. The number of carbonyl (C=O) groups is 1. The van der Waals surface area contributed by atoms with Gasteiger partial charge in [0.05, 0.1) is 16.5 Å². The molecule has 9 heteroatoms. The zero-order valence-corrected chi connectivity index (χ0v) is 15.8. The van der Waals surface area contributed by atoms with E-state index in [-0.39, 0.29) is 16.5 Å². The van der Waals surface area contributed by atoms with Crippen LogP contribution in [0.5, 0.6) is 0 Å². The summed E-state index contributed by atoms with van der Waals surface area (Å²) in [6.07, 6.45) is -2.83. The van der Waals surface area contributed by atoms with E-state index in [1.54, 1.807) is 6.92 Å². The molecule has 0 aliphatic heterocycles. The highest BCUT2D eigenvalue weighted by Gasteiger charge is 2.30. The van der Waals surface area contributed by atoms with Crippen LogP contribution in [0.4, 0.5) is 13.2 Å². The smallest absolute Gasteiger partial charge is 0.346 e. The number of rotatable bonds is 6. The first-order valence-corrected chi connectivity index (χ1v) is 10.1.